The van der Waals surface area contributed by atoms with Crippen LogP contribution >= 0.6 is 0 Å². The first-order valence-corrected chi connectivity index (χ1v) is 4.35. The summed E-state index contributed by atoms with van der Waals surface area (Å²) in [7, 11) is 0. The van der Waals surface area contributed by atoms with E-state index >= 15 is 0 Å². The molecule has 2 unspecified atom stereocenters. The van der Waals surface area contributed by atoms with E-state index in [-0.39, 0.29) is 17.2 Å². The quantitative estimate of drug-likeness (QED) is 0.467. The van der Waals surface area contributed by atoms with Crippen LogP contribution in [0.3, 0.4) is 0 Å². The molecule has 5 N–H and O–H groups in total. The lowest BCUT2D eigenvalue weighted by atomic mass is 10.1. The molecule has 8 nitrogen and oxygen atoms in total. The minimum absolute atomic E-state index is 0.123. The minimum atomic E-state index is -1.57. The zero-order valence-corrected chi connectivity index (χ0v) is 7.99. The number of nitrogens with zero attached hydrogens (tertiary/aromatic N) is 4. The Morgan fingerprint density at radius 1 is 1.44 bits per heavy atom. The molecule has 82 valence electrons. The first kappa shape index (κ1) is 10.3. The fourth-order valence-electron chi connectivity index (χ4n) is 1.34. The highest BCUT2D eigenvalue weighted by molar-refractivity contribution is 5.87. The summed E-state index contributed by atoms with van der Waals surface area (Å²) in [5.74, 6) is 0.123. The van der Waals surface area contributed by atoms with Crippen molar-refractivity contribution >= 4 is 16.9 Å². The third-order valence-corrected chi connectivity index (χ3v) is 2.14. The number of hydrogen-bond donors (Lipinski definition) is 4. The fraction of sp³-hybridized carbons (Fsp3) is 0.250. The number of anilines is 1. The average Bonchev–Trinajstić information content (AvgIpc) is 2.72. The van der Waals surface area contributed by atoms with Crippen molar-refractivity contribution in [3.05, 3.63) is 12.0 Å². The van der Waals surface area contributed by atoms with E-state index in [9.17, 15) is 10.2 Å². The largest absolute Gasteiger partial charge is 0.383 e. The summed E-state index contributed by atoms with van der Waals surface area (Å²) in [5, 5.41) is 33.9. The lowest BCUT2D eigenvalue weighted by Gasteiger charge is -2.09. The Bertz CT molecular complexity index is 559. The third-order valence-electron chi connectivity index (χ3n) is 2.14. The van der Waals surface area contributed by atoms with Gasteiger partial charge in [-0.3, -0.25) is 5.10 Å². The van der Waals surface area contributed by atoms with Gasteiger partial charge in [0.25, 0.3) is 0 Å². The van der Waals surface area contributed by atoms with Crippen molar-refractivity contribution in [3.8, 4) is 6.07 Å². The fourth-order valence-corrected chi connectivity index (χ4v) is 1.34. The number of fused-ring (bicyclic) bond motifs is 1. The van der Waals surface area contributed by atoms with Crippen LogP contribution in [0.4, 0.5) is 5.82 Å². The molecule has 0 radical (unpaired) electrons. The Morgan fingerprint density at radius 2 is 2.19 bits per heavy atom. The van der Waals surface area contributed by atoms with Crippen LogP contribution in [0.5, 0.6) is 0 Å². The van der Waals surface area contributed by atoms with Crippen LogP contribution in [-0.4, -0.2) is 36.5 Å². The van der Waals surface area contributed by atoms with Crippen molar-refractivity contribution in [3.63, 3.8) is 0 Å². The number of H-pyrrole nitrogens is 1. The second-order valence-electron chi connectivity index (χ2n) is 3.11. The van der Waals surface area contributed by atoms with Gasteiger partial charge in [-0.05, 0) is 0 Å². The van der Waals surface area contributed by atoms with Gasteiger partial charge in [0.1, 0.15) is 18.2 Å². The summed E-state index contributed by atoms with van der Waals surface area (Å²) in [4.78, 5) is 7.56. The molecular weight excluding hydrogens is 212 g/mol. The third kappa shape index (κ3) is 1.44. The topological polar surface area (TPSA) is 145 Å². The number of nitrogens with one attached hydrogen (secondary N) is 1. The molecule has 2 aromatic heterocycles. The van der Waals surface area contributed by atoms with Crippen molar-refractivity contribution in [2.24, 2.45) is 0 Å². The first-order valence-electron chi connectivity index (χ1n) is 4.35. The van der Waals surface area contributed by atoms with Gasteiger partial charge < -0.3 is 15.9 Å². The van der Waals surface area contributed by atoms with Crippen molar-refractivity contribution in [1.29, 1.82) is 5.26 Å². The number of nitriles is 1. The molecule has 0 aliphatic heterocycles. The zero-order valence-electron chi connectivity index (χ0n) is 7.99. The lowest BCUT2D eigenvalue weighted by molar-refractivity contribution is 0.0508. The van der Waals surface area contributed by atoms with Crippen molar-refractivity contribution < 1.29 is 10.2 Å². The van der Waals surface area contributed by atoms with Crippen LogP contribution in [0.15, 0.2) is 6.33 Å². The van der Waals surface area contributed by atoms with E-state index in [2.05, 4.69) is 20.2 Å². The second-order valence-corrected chi connectivity index (χ2v) is 3.11. The van der Waals surface area contributed by atoms with Crippen LogP contribution in [0, 0.1) is 11.3 Å². The highest BCUT2D eigenvalue weighted by Crippen LogP contribution is 2.25. The highest BCUT2D eigenvalue weighted by atomic mass is 16.3. The highest BCUT2D eigenvalue weighted by Gasteiger charge is 2.24. The predicted octanol–water partition coefficient (Wildman–Crippen LogP) is -1.15. The number of aromatic amines is 1. The summed E-state index contributed by atoms with van der Waals surface area (Å²) < 4.78 is 0. The van der Waals surface area contributed by atoms with Gasteiger partial charge in [-0.1, -0.05) is 0 Å². The molecule has 8 heteroatoms. The zero-order chi connectivity index (χ0) is 11.7. The van der Waals surface area contributed by atoms with Crippen LogP contribution in [0.1, 0.15) is 11.8 Å². The molecule has 0 saturated carbocycles. The Balaban J connectivity index is 2.58. The molecule has 0 aromatic carbocycles. The first-order chi connectivity index (χ1) is 7.65. The SMILES string of the molecule is N#CC(O)C(O)c1[nH]nc2ncnc(N)c12. The number of hydrogen-bond acceptors (Lipinski definition) is 7. The Hall–Kier alpha value is -2.24. The van der Waals surface area contributed by atoms with Crippen LogP contribution < -0.4 is 5.73 Å². The van der Waals surface area contributed by atoms with Gasteiger partial charge in [0.05, 0.1) is 17.1 Å². The van der Waals surface area contributed by atoms with Gasteiger partial charge in [-0.25, -0.2) is 9.97 Å². The summed E-state index contributed by atoms with van der Waals surface area (Å²) in [6.07, 6.45) is -1.76. The maximum absolute atomic E-state index is 9.65. The van der Waals surface area contributed by atoms with E-state index in [0.29, 0.717) is 5.39 Å². The normalized spacial score (nSPS) is 14.6. The minimum Gasteiger partial charge on any atom is -0.383 e. The number of aliphatic hydroxyl groups is 2. The van der Waals surface area contributed by atoms with E-state index in [0.717, 1.165) is 0 Å². The second kappa shape index (κ2) is 3.73. The average molecular weight is 220 g/mol. The maximum atomic E-state index is 9.65. The molecule has 0 fully saturated rings. The van der Waals surface area contributed by atoms with E-state index in [4.69, 9.17) is 11.0 Å². The van der Waals surface area contributed by atoms with Gasteiger partial charge in [0.15, 0.2) is 11.8 Å². The van der Waals surface area contributed by atoms with E-state index in [1.807, 2.05) is 0 Å². The summed E-state index contributed by atoms with van der Waals surface area (Å²) in [6, 6.07) is 1.51. The van der Waals surface area contributed by atoms with E-state index in [1.54, 1.807) is 0 Å². The molecule has 0 aliphatic rings. The molecule has 2 rings (SSSR count). The Kier molecular flexibility index (Phi) is 2.40. The standard InChI is InChI=1S/C8H8N6O2/c9-1-3(15)6(16)5-4-7(10)11-2-12-8(4)14-13-5/h2-3,6,15-16H,(H3,10,11,12,13,14). The van der Waals surface area contributed by atoms with Crippen molar-refractivity contribution in [2.45, 2.75) is 12.2 Å². The summed E-state index contributed by atoms with van der Waals surface area (Å²) in [6.45, 7) is 0. The summed E-state index contributed by atoms with van der Waals surface area (Å²) >= 11 is 0. The van der Waals surface area contributed by atoms with Gasteiger partial charge in [-0.2, -0.15) is 10.4 Å². The Morgan fingerprint density at radius 3 is 2.88 bits per heavy atom. The lowest BCUT2D eigenvalue weighted by Crippen LogP contribution is -2.16. The van der Waals surface area contributed by atoms with Crippen molar-refractivity contribution in [1.82, 2.24) is 20.2 Å². The molecule has 2 atom stereocenters. The monoisotopic (exact) mass is 220 g/mol. The molecule has 0 bridgehead atoms. The van der Waals surface area contributed by atoms with Crippen LogP contribution in [0.25, 0.3) is 11.0 Å². The molecule has 2 aromatic rings. The number of aromatic nitrogens is 4. The van der Waals surface area contributed by atoms with Gasteiger partial charge in [0, 0.05) is 0 Å². The smallest absolute Gasteiger partial charge is 0.186 e. The molecule has 0 aliphatic carbocycles. The molecule has 0 saturated heterocycles. The summed E-state index contributed by atoms with van der Waals surface area (Å²) in [5.41, 5.74) is 5.99. The van der Waals surface area contributed by atoms with Crippen molar-refractivity contribution in [2.75, 3.05) is 5.73 Å². The Labute approximate surface area is 89.4 Å². The van der Waals surface area contributed by atoms with Gasteiger partial charge in [-0.15, -0.1) is 0 Å². The molecule has 2 heterocycles. The van der Waals surface area contributed by atoms with Crippen LogP contribution in [0.2, 0.25) is 0 Å². The molecule has 0 amide bonds. The van der Waals surface area contributed by atoms with E-state index < -0.39 is 12.2 Å². The molecular formula is C8H8N6O2. The number of aliphatic hydroxyl groups excluding tert-OH is 2. The van der Waals surface area contributed by atoms with E-state index in [1.165, 1.54) is 12.4 Å². The number of rotatable bonds is 2. The predicted molar refractivity (Wildman–Crippen MR) is 52.7 cm³/mol. The maximum Gasteiger partial charge on any atom is 0.186 e. The molecule has 0 spiro atoms. The van der Waals surface area contributed by atoms with Gasteiger partial charge in [0.2, 0.25) is 0 Å². The number of nitrogens with two attached hydrogens (primary N) is 1. The van der Waals surface area contributed by atoms with Gasteiger partial charge >= 0.3 is 0 Å². The number of nitrogen functional groups attached to an aromatic ring is 1. The van der Waals surface area contributed by atoms with Crippen LogP contribution in [-0.2, 0) is 0 Å². The molecule has 16 heavy (non-hydrogen) atoms.